The predicted octanol–water partition coefficient (Wildman–Crippen LogP) is 3.10. The van der Waals surface area contributed by atoms with E-state index >= 15 is 0 Å². The third-order valence-corrected chi connectivity index (χ3v) is 3.99. The Balaban J connectivity index is 2.28. The van der Waals surface area contributed by atoms with Gasteiger partial charge in [-0.3, -0.25) is 14.4 Å². The molecule has 0 saturated carbocycles. The smallest absolute Gasteiger partial charge is 0.308 e. The van der Waals surface area contributed by atoms with Gasteiger partial charge in [0.15, 0.2) is 11.5 Å². The Morgan fingerprint density at radius 2 is 1.65 bits per heavy atom. The fourth-order valence-corrected chi connectivity index (χ4v) is 2.98. The largest absolute Gasteiger partial charge is 0.462 e. The second kappa shape index (κ2) is 8.80. The van der Waals surface area contributed by atoms with E-state index in [1.165, 1.54) is 20.8 Å². The first-order chi connectivity index (χ1) is 12.3. The van der Waals surface area contributed by atoms with Crippen molar-refractivity contribution < 1.29 is 33.3 Å². The van der Waals surface area contributed by atoms with Gasteiger partial charge in [0.1, 0.15) is 6.10 Å². The van der Waals surface area contributed by atoms with Gasteiger partial charge >= 0.3 is 17.9 Å². The van der Waals surface area contributed by atoms with E-state index in [0.29, 0.717) is 12.8 Å². The highest BCUT2D eigenvalue weighted by atomic mass is 16.6. The van der Waals surface area contributed by atoms with Gasteiger partial charge in [0, 0.05) is 33.6 Å². The van der Waals surface area contributed by atoms with Crippen molar-refractivity contribution in [1.29, 1.82) is 0 Å². The molecule has 1 fully saturated rings. The number of rotatable bonds is 5. The first-order valence-electron chi connectivity index (χ1n) is 8.62. The third-order valence-electron chi connectivity index (χ3n) is 3.99. The van der Waals surface area contributed by atoms with Crippen LogP contribution in [-0.2, 0) is 23.9 Å². The number of ether oxygens (including phenoxy) is 4. The Morgan fingerprint density at radius 1 is 1.00 bits per heavy atom. The van der Waals surface area contributed by atoms with Gasteiger partial charge in [0.05, 0.1) is 12.2 Å². The molecule has 1 aromatic carbocycles. The number of hydrogen-bond acceptors (Lipinski definition) is 7. The minimum atomic E-state index is -0.524. The molecule has 0 unspecified atom stereocenters. The lowest BCUT2D eigenvalue weighted by molar-refractivity contribution is -0.160. The molecule has 0 radical (unpaired) electrons. The van der Waals surface area contributed by atoms with E-state index in [0.717, 1.165) is 12.0 Å². The Hall–Kier alpha value is -2.41. The van der Waals surface area contributed by atoms with Crippen molar-refractivity contribution in [3.05, 3.63) is 23.8 Å². The molecule has 0 aromatic heterocycles. The van der Waals surface area contributed by atoms with Crippen LogP contribution in [0.2, 0.25) is 0 Å². The van der Waals surface area contributed by atoms with Gasteiger partial charge in [0.25, 0.3) is 0 Å². The molecule has 1 aliphatic heterocycles. The minimum absolute atomic E-state index is 0.0385. The molecule has 0 spiro atoms. The second-order valence-corrected chi connectivity index (χ2v) is 6.25. The van der Waals surface area contributed by atoms with Crippen molar-refractivity contribution in [2.75, 3.05) is 0 Å². The maximum Gasteiger partial charge on any atom is 0.308 e. The van der Waals surface area contributed by atoms with E-state index in [2.05, 4.69) is 0 Å². The highest BCUT2D eigenvalue weighted by Crippen LogP contribution is 2.38. The second-order valence-electron chi connectivity index (χ2n) is 6.25. The molecule has 1 aliphatic rings. The standard InChI is InChI=1S/C19H24O7/c1-5-15-9-16(23-11(2)20)10-18(26-15)14-6-7-17(24-12(3)21)19(8-14)25-13(4)22/h6-8,15-16,18H,5,9-10H2,1-4H3/t15-,16+,18-/m0/s1. The summed E-state index contributed by atoms with van der Waals surface area (Å²) in [4.78, 5) is 33.9. The summed E-state index contributed by atoms with van der Waals surface area (Å²) >= 11 is 0. The Kier molecular flexibility index (Phi) is 6.74. The summed E-state index contributed by atoms with van der Waals surface area (Å²) in [5.41, 5.74) is 0.757. The van der Waals surface area contributed by atoms with Crippen LogP contribution < -0.4 is 9.47 Å². The van der Waals surface area contributed by atoms with Crippen molar-refractivity contribution in [3.8, 4) is 11.5 Å². The lowest BCUT2D eigenvalue weighted by atomic mass is 9.94. The molecule has 7 heteroatoms. The van der Waals surface area contributed by atoms with E-state index in [1.807, 2.05) is 6.92 Å². The van der Waals surface area contributed by atoms with Gasteiger partial charge in [-0.05, 0) is 24.1 Å². The van der Waals surface area contributed by atoms with Crippen LogP contribution in [0.25, 0.3) is 0 Å². The molecule has 0 aliphatic carbocycles. The Bertz CT molecular complexity index is 682. The summed E-state index contributed by atoms with van der Waals surface area (Å²) in [5.74, 6) is -1.05. The third kappa shape index (κ3) is 5.56. The predicted molar refractivity (Wildman–Crippen MR) is 91.8 cm³/mol. The van der Waals surface area contributed by atoms with Crippen molar-refractivity contribution in [2.45, 2.75) is 65.3 Å². The zero-order valence-electron chi connectivity index (χ0n) is 15.4. The molecule has 0 amide bonds. The van der Waals surface area contributed by atoms with Crippen LogP contribution in [0.4, 0.5) is 0 Å². The zero-order valence-corrected chi connectivity index (χ0v) is 15.4. The minimum Gasteiger partial charge on any atom is -0.462 e. The maximum absolute atomic E-state index is 11.4. The molecule has 2 rings (SSSR count). The number of hydrogen-bond donors (Lipinski definition) is 0. The highest BCUT2D eigenvalue weighted by molar-refractivity contribution is 5.73. The summed E-state index contributed by atoms with van der Waals surface area (Å²) in [6.45, 7) is 5.93. The van der Waals surface area contributed by atoms with Gasteiger partial charge in [-0.1, -0.05) is 13.0 Å². The lowest BCUT2D eigenvalue weighted by Crippen LogP contribution is -2.33. The van der Waals surface area contributed by atoms with E-state index in [9.17, 15) is 14.4 Å². The molecule has 142 valence electrons. The molecular weight excluding hydrogens is 340 g/mol. The van der Waals surface area contributed by atoms with E-state index in [1.54, 1.807) is 18.2 Å². The fourth-order valence-electron chi connectivity index (χ4n) is 2.98. The van der Waals surface area contributed by atoms with E-state index in [-0.39, 0.29) is 35.8 Å². The normalized spacial score (nSPS) is 22.4. The van der Waals surface area contributed by atoms with Crippen molar-refractivity contribution >= 4 is 17.9 Å². The molecule has 0 N–H and O–H groups in total. The fraction of sp³-hybridized carbons (Fsp3) is 0.526. The van der Waals surface area contributed by atoms with Crippen molar-refractivity contribution in [3.63, 3.8) is 0 Å². The van der Waals surface area contributed by atoms with Gasteiger partial charge in [0.2, 0.25) is 0 Å². The van der Waals surface area contributed by atoms with Crippen LogP contribution in [0, 0.1) is 0 Å². The van der Waals surface area contributed by atoms with Gasteiger partial charge < -0.3 is 18.9 Å². The average Bonchev–Trinajstić information content (AvgIpc) is 2.54. The highest BCUT2D eigenvalue weighted by Gasteiger charge is 2.32. The van der Waals surface area contributed by atoms with Gasteiger partial charge in [-0.25, -0.2) is 0 Å². The summed E-state index contributed by atoms with van der Waals surface area (Å²) in [6.07, 6.45) is 1.34. The summed E-state index contributed by atoms with van der Waals surface area (Å²) in [7, 11) is 0. The Morgan fingerprint density at radius 3 is 2.23 bits per heavy atom. The van der Waals surface area contributed by atoms with Crippen molar-refractivity contribution in [2.24, 2.45) is 0 Å². The lowest BCUT2D eigenvalue weighted by Gasteiger charge is -2.35. The van der Waals surface area contributed by atoms with Gasteiger partial charge in [-0.15, -0.1) is 0 Å². The molecule has 1 heterocycles. The zero-order chi connectivity index (χ0) is 19.3. The summed E-state index contributed by atoms with van der Waals surface area (Å²) in [6, 6.07) is 4.93. The van der Waals surface area contributed by atoms with E-state index in [4.69, 9.17) is 18.9 Å². The number of carbonyl (C=O) groups excluding carboxylic acids is 3. The van der Waals surface area contributed by atoms with Gasteiger partial charge in [-0.2, -0.15) is 0 Å². The van der Waals surface area contributed by atoms with E-state index < -0.39 is 11.9 Å². The van der Waals surface area contributed by atoms with Crippen LogP contribution >= 0.6 is 0 Å². The molecule has 0 bridgehead atoms. The first-order valence-corrected chi connectivity index (χ1v) is 8.62. The first kappa shape index (κ1) is 19.9. The average molecular weight is 364 g/mol. The topological polar surface area (TPSA) is 88.1 Å². The molecule has 26 heavy (non-hydrogen) atoms. The van der Waals surface area contributed by atoms with Crippen LogP contribution in [0.1, 0.15) is 58.6 Å². The Labute approximate surface area is 152 Å². The molecule has 3 atom stereocenters. The SMILES string of the molecule is CC[C@H]1C[C@@H](OC(C)=O)C[C@@H](c2ccc(OC(C)=O)c(OC(C)=O)c2)O1. The number of carbonyl (C=O) groups is 3. The quantitative estimate of drug-likeness (QED) is 0.586. The summed E-state index contributed by atoms with van der Waals surface area (Å²) in [5, 5.41) is 0. The number of esters is 3. The monoisotopic (exact) mass is 364 g/mol. The van der Waals surface area contributed by atoms with Crippen LogP contribution in [0.5, 0.6) is 11.5 Å². The number of benzene rings is 1. The molecule has 1 saturated heterocycles. The van der Waals surface area contributed by atoms with Crippen LogP contribution in [-0.4, -0.2) is 30.1 Å². The molecule has 7 nitrogen and oxygen atoms in total. The summed E-state index contributed by atoms with van der Waals surface area (Å²) < 4.78 is 21.7. The molecule has 1 aromatic rings. The molecular formula is C19H24O7. The maximum atomic E-state index is 11.4. The van der Waals surface area contributed by atoms with Crippen LogP contribution in [0.3, 0.4) is 0 Å². The van der Waals surface area contributed by atoms with Crippen molar-refractivity contribution in [1.82, 2.24) is 0 Å². The van der Waals surface area contributed by atoms with Crippen LogP contribution in [0.15, 0.2) is 18.2 Å².